The van der Waals surface area contributed by atoms with Crippen LogP contribution in [0.3, 0.4) is 0 Å². The summed E-state index contributed by atoms with van der Waals surface area (Å²) >= 11 is 0. The summed E-state index contributed by atoms with van der Waals surface area (Å²) in [6.07, 6.45) is 3.41. The van der Waals surface area contributed by atoms with Crippen LogP contribution in [0.2, 0.25) is 0 Å². The van der Waals surface area contributed by atoms with Crippen molar-refractivity contribution in [2.75, 3.05) is 20.2 Å². The first-order valence-electron chi connectivity index (χ1n) is 8.39. The van der Waals surface area contributed by atoms with Gasteiger partial charge in [-0.2, -0.15) is 10.2 Å². The molecule has 1 saturated heterocycles. The van der Waals surface area contributed by atoms with Crippen molar-refractivity contribution >= 4 is 0 Å². The number of hydrogen-bond donors (Lipinski definition) is 0. The molecule has 0 radical (unpaired) electrons. The van der Waals surface area contributed by atoms with Crippen molar-refractivity contribution < 1.29 is 9.26 Å². The number of methoxy groups -OCH3 is 1. The molecule has 0 unspecified atom stereocenters. The fraction of sp³-hybridized carbons (Fsp3) is 0.500. The normalized spacial score (nSPS) is 20.9. The summed E-state index contributed by atoms with van der Waals surface area (Å²) in [5.41, 5.74) is 1.70. The first kappa shape index (κ1) is 15.2. The third-order valence-electron chi connectivity index (χ3n) is 4.81. The molecule has 1 atom stereocenters. The van der Waals surface area contributed by atoms with Crippen molar-refractivity contribution in [2.45, 2.75) is 37.6 Å². The largest absolute Gasteiger partial charge is 0.495 e. The number of rotatable bonds is 5. The van der Waals surface area contributed by atoms with Gasteiger partial charge >= 0.3 is 0 Å². The molecule has 4 rings (SSSR count). The van der Waals surface area contributed by atoms with Crippen LogP contribution in [0.25, 0.3) is 0 Å². The quantitative estimate of drug-likeness (QED) is 0.842. The maximum Gasteiger partial charge on any atom is 0.231 e. The molecule has 24 heavy (non-hydrogen) atoms. The van der Waals surface area contributed by atoms with Gasteiger partial charge in [-0.1, -0.05) is 11.2 Å². The predicted molar refractivity (Wildman–Crippen MR) is 86.6 cm³/mol. The summed E-state index contributed by atoms with van der Waals surface area (Å²) < 4.78 is 10.7. The zero-order chi connectivity index (χ0) is 16.5. The van der Waals surface area contributed by atoms with Gasteiger partial charge in [-0.25, -0.2) is 0 Å². The van der Waals surface area contributed by atoms with Crippen LogP contribution in [0.5, 0.6) is 5.75 Å². The highest BCUT2D eigenvalue weighted by molar-refractivity contribution is 5.45. The molecule has 1 saturated carbocycles. The van der Waals surface area contributed by atoms with Crippen LogP contribution in [0, 0.1) is 11.3 Å². The molecule has 6 heteroatoms. The molecule has 1 aromatic heterocycles. The summed E-state index contributed by atoms with van der Waals surface area (Å²) in [4.78, 5) is 6.95. The Morgan fingerprint density at radius 1 is 1.33 bits per heavy atom. The van der Waals surface area contributed by atoms with Crippen LogP contribution in [0.15, 0.2) is 22.7 Å². The van der Waals surface area contributed by atoms with E-state index in [0.717, 1.165) is 43.3 Å². The summed E-state index contributed by atoms with van der Waals surface area (Å²) in [7, 11) is 1.58. The average Bonchev–Trinajstić information content (AvgIpc) is 3.16. The molecule has 2 aliphatic rings. The summed E-state index contributed by atoms with van der Waals surface area (Å²) in [5.74, 6) is 3.14. The molecule has 1 aliphatic carbocycles. The second-order valence-electron chi connectivity index (χ2n) is 6.63. The van der Waals surface area contributed by atoms with Crippen LogP contribution >= 0.6 is 0 Å². The fourth-order valence-corrected chi connectivity index (χ4v) is 3.30. The number of nitrogens with zero attached hydrogens (tertiary/aromatic N) is 4. The Morgan fingerprint density at radius 3 is 2.96 bits per heavy atom. The maximum atomic E-state index is 9.21. The van der Waals surface area contributed by atoms with E-state index in [1.807, 2.05) is 18.2 Å². The van der Waals surface area contributed by atoms with Crippen molar-refractivity contribution in [1.82, 2.24) is 15.0 Å². The summed E-state index contributed by atoms with van der Waals surface area (Å²) in [6, 6.07) is 7.98. The number of nitriles is 1. The molecular weight excluding hydrogens is 304 g/mol. The molecule has 0 spiro atoms. The minimum absolute atomic E-state index is 0.318. The van der Waals surface area contributed by atoms with E-state index in [1.54, 1.807) is 7.11 Å². The van der Waals surface area contributed by atoms with Crippen LogP contribution < -0.4 is 4.74 Å². The number of benzene rings is 1. The van der Waals surface area contributed by atoms with Gasteiger partial charge in [-0.3, -0.25) is 4.90 Å². The van der Waals surface area contributed by atoms with Gasteiger partial charge in [0.1, 0.15) is 11.8 Å². The van der Waals surface area contributed by atoms with E-state index in [-0.39, 0.29) is 0 Å². The van der Waals surface area contributed by atoms with Gasteiger partial charge < -0.3 is 9.26 Å². The molecule has 0 N–H and O–H groups in total. The van der Waals surface area contributed by atoms with Gasteiger partial charge in [0, 0.05) is 19.0 Å². The molecule has 2 aromatic rings. The Balaban J connectivity index is 1.40. The lowest BCUT2D eigenvalue weighted by Gasteiger charge is -2.16. The van der Waals surface area contributed by atoms with Crippen LogP contribution in [-0.4, -0.2) is 35.2 Å². The van der Waals surface area contributed by atoms with Gasteiger partial charge in [-0.05, 0) is 43.5 Å². The van der Waals surface area contributed by atoms with Crippen molar-refractivity contribution in [1.29, 1.82) is 5.26 Å². The van der Waals surface area contributed by atoms with Gasteiger partial charge in [-0.15, -0.1) is 0 Å². The third kappa shape index (κ3) is 3.00. The van der Waals surface area contributed by atoms with Gasteiger partial charge in [0.25, 0.3) is 0 Å². The fourth-order valence-electron chi connectivity index (χ4n) is 3.30. The van der Waals surface area contributed by atoms with E-state index >= 15 is 0 Å². The molecule has 6 nitrogen and oxygen atoms in total. The molecule has 2 fully saturated rings. The van der Waals surface area contributed by atoms with Crippen molar-refractivity contribution in [3.8, 4) is 11.8 Å². The van der Waals surface area contributed by atoms with E-state index in [2.05, 4.69) is 21.1 Å². The van der Waals surface area contributed by atoms with Crippen molar-refractivity contribution in [3.63, 3.8) is 0 Å². The van der Waals surface area contributed by atoms with Crippen molar-refractivity contribution in [2.24, 2.45) is 0 Å². The Kier molecular flexibility index (Phi) is 3.95. The highest BCUT2D eigenvalue weighted by atomic mass is 16.5. The molecule has 1 aliphatic heterocycles. The maximum absolute atomic E-state index is 9.21. The lowest BCUT2D eigenvalue weighted by atomic mass is 10.1. The Labute approximate surface area is 141 Å². The Morgan fingerprint density at radius 2 is 2.21 bits per heavy atom. The number of likely N-dealkylation sites (tertiary alicyclic amines) is 1. The molecule has 0 bridgehead atoms. The first-order valence-corrected chi connectivity index (χ1v) is 8.39. The smallest absolute Gasteiger partial charge is 0.231 e. The lowest BCUT2D eigenvalue weighted by Crippen LogP contribution is -2.19. The highest BCUT2D eigenvalue weighted by Crippen LogP contribution is 2.39. The minimum atomic E-state index is 0.318. The van der Waals surface area contributed by atoms with E-state index in [4.69, 9.17) is 9.26 Å². The Bertz CT molecular complexity index is 776. The van der Waals surface area contributed by atoms with E-state index in [1.165, 1.54) is 12.8 Å². The SMILES string of the molecule is COc1ccc(CN2CC[C@@H](c3nc(C4CC4)no3)C2)cc1C#N. The average molecular weight is 324 g/mol. The van der Waals surface area contributed by atoms with Crippen LogP contribution in [0.4, 0.5) is 0 Å². The number of aromatic nitrogens is 2. The zero-order valence-corrected chi connectivity index (χ0v) is 13.7. The molecule has 0 amide bonds. The molecular formula is C18H20N4O2. The van der Waals surface area contributed by atoms with Gasteiger partial charge in [0.2, 0.25) is 5.89 Å². The van der Waals surface area contributed by atoms with Gasteiger partial charge in [0.05, 0.1) is 18.6 Å². The second kappa shape index (κ2) is 6.25. The molecule has 1 aromatic carbocycles. The number of ether oxygens (including phenoxy) is 1. The lowest BCUT2D eigenvalue weighted by molar-refractivity contribution is 0.308. The third-order valence-corrected chi connectivity index (χ3v) is 4.81. The topological polar surface area (TPSA) is 75.2 Å². The second-order valence-corrected chi connectivity index (χ2v) is 6.63. The monoisotopic (exact) mass is 324 g/mol. The zero-order valence-electron chi connectivity index (χ0n) is 13.7. The van der Waals surface area contributed by atoms with E-state index in [9.17, 15) is 5.26 Å². The molecule has 2 heterocycles. The van der Waals surface area contributed by atoms with E-state index in [0.29, 0.717) is 23.1 Å². The van der Waals surface area contributed by atoms with Crippen LogP contribution in [-0.2, 0) is 6.54 Å². The van der Waals surface area contributed by atoms with Crippen molar-refractivity contribution in [3.05, 3.63) is 41.0 Å². The first-order chi connectivity index (χ1) is 11.8. The standard InChI is InChI=1S/C18H20N4O2/c1-23-16-5-2-12(8-15(16)9-19)10-22-7-6-14(11-22)18-20-17(21-24-18)13-3-4-13/h2,5,8,13-14H,3-4,6-7,10-11H2,1H3/t14-/m1/s1. The minimum Gasteiger partial charge on any atom is -0.495 e. The summed E-state index contributed by atoms with van der Waals surface area (Å²) in [5, 5.41) is 13.3. The number of hydrogen-bond acceptors (Lipinski definition) is 6. The Hall–Kier alpha value is -2.39. The highest BCUT2D eigenvalue weighted by Gasteiger charge is 2.32. The van der Waals surface area contributed by atoms with Crippen LogP contribution in [0.1, 0.15) is 53.9 Å². The van der Waals surface area contributed by atoms with Gasteiger partial charge in [0.15, 0.2) is 5.82 Å². The summed E-state index contributed by atoms with van der Waals surface area (Å²) in [6.45, 7) is 2.73. The predicted octanol–water partition coefficient (Wildman–Crippen LogP) is 2.82. The molecule has 124 valence electrons. The van der Waals surface area contributed by atoms with E-state index < -0.39 is 0 Å².